The largest absolute Gasteiger partial charge is 0.508 e. The SMILES string of the molecule is Oc1ccc2c3c(ccc2c1)-c1c(F)cc(F)cc1OC3c1ccc(OCCN2CCCCCC2)cc1. The maximum absolute atomic E-state index is 15.0. The molecule has 0 amide bonds. The molecule has 0 radical (unpaired) electrons. The van der Waals surface area contributed by atoms with E-state index in [9.17, 15) is 13.9 Å². The van der Waals surface area contributed by atoms with Crippen molar-refractivity contribution in [1.82, 2.24) is 4.90 Å². The molecule has 37 heavy (non-hydrogen) atoms. The van der Waals surface area contributed by atoms with Crippen LogP contribution in [0.4, 0.5) is 8.78 Å². The molecule has 2 aliphatic rings. The number of aromatic hydroxyl groups is 1. The summed E-state index contributed by atoms with van der Waals surface area (Å²) in [4.78, 5) is 2.47. The van der Waals surface area contributed by atoms with Gasteiger partial charge in [0.2, 0.25) is 0 Å². The van der Waals surface area contributed by atoms with Gasteiger partial charge < -0.3 is 14.6 Å². The van der Waals surface area contributed by atoms with Crippen LogP contribution >= 0.6 is 0 Å². The number of hydrogen-bond donors (Lipinski definition) is 1. The zero-order chi connectivity index (χ0) is 25.4. The second-order valence-electron chi connectivity index (χ2n) is 9.86. The molecule has 6 heteroatoms. The highest BCUT2D eigenvalue weighted by Crippen LogP contribution is 2.49. The Morgan fingerprint density at radius 2 is 1.68 bits per heavy atom. The molecule has 190 valence electrons. The van der Waals surface area contributed by atoms with Crippen LogP contribution in [0, 0.1) is 11.6 Å². The number of ether oxygens (including phenoxy) is 2. The van der Waals surface area contributed by atoms with Crippen molar-refractivity contribution in [3.8, 4) is 28.4 Å². The Morgan fingerprint density at radius 3 is 2.46 bits per heavy atom. The highest BCUT2D eigenvalue weighted by Gasteiger charge is 2.32. The minimum Gasteiger partial charge on any atom is -0.508 e. The van der Waals surface area contributed by atoms with E-state index in [1.54, 1.807) is 12.1 Å². The minimum absolute atomic E-state index is 0.149. The standard InChI is InChI=1S/C31H29F2NO3/c32-22-18-27(33)30-26-11-7-21-17-23(35)8-12-25(21)29(26)31(37-28(30)19-22)20-5-9-24(10-6-20)36-16-15-34-13-3-1-2-4-14-34/h5-12,17-19,31,35H,1-4,13-16H2. The Balaban J connectivity index is 1.31. The summed E-state index contributed by atoms with van der Waals surface area (Å²) in [5, 5.41) is 11.7. The molecular weight excluding hydrogens is 472 g/mol. The summed E-state index contributed by atoms with van der Waals surface area (Å²) in [7, 11) is 0. The van der Waals surface area contributed by atoms with Crippen LogP contribution in [-0.4, -0.2) is 36.2 Å². The highest BCUT2D eigenvalue weighted by atomic mass is 19.1. The number of benzene rings is 4. The topological polar surface area (TPSA) is 41.9 Å². The molecule has 4 aromatic rings. The molecule has 2 aliphatic heterocycles. The van der Waals surface area contributed by atoms with E-state index in [1.807, 2.05) is 42.5 Å². The molecule has 1 N–H and O–H groups in total. The fourth-order valence-corrected chi connectivity index (χ4v) is 5.56. The van der Waals surface area contributed by atoms with E-state index in [2.05, 4.69) is 4.90 Å². The zero-order valence-electron chi connectivity index (χ0n) is 20.6. The van der Waals surface area contributed by atoms with E-state index in [-0.39, 0.29) is 17.1 Å². The predicted octanol–water partition coefficient (Wildman–Crippen LogP) is 7.23. The van der Waals surface area contributed by atoms with Crippen LogP contribution in [0.25, 0.3) is 21.9 Å². The van der Waals surface area contributed by atoms with Crippen molar-refractivity contribution in [3.63, 3.8) is 0 Å². The van der Waals surface area contributed by atoms with Gasteiger partial charge in [-0.1, -0.05) is 43.2 Å². The molecule has 4 aromatic carbocycles. The molecule has 1 atom stereocenters. The van der Waals surface area contributed by atoms with Gasteiger partial charge in [-0.2, -0.15) is 0 Å². The van der Waals surface area contributed by atoms with Crippen molar-refractivity contribution >= 4 is 10.8 Å². The third-order valence-corrected chi connectivity index (χ3v) is 7.40. The molecule has 0 aliphatic carbocycles. The minimum atomic E-state index is -0.683. The second kappa shape index (κ2) is 10.0. The second-order valence-corrected chi connectivity index (χ2v) is 9.86. The maximum atomic E-state index is 15.0. The Morgan fingerprint density at radius 1 is 0.892 bits per heavy atom. The van der Waals surface area contributed by atoms with Crippen molar-refractivity contribution in [2.75, 3.05) is 26.2 Å². The average molecular weight is 502 g/mol. The summed E-state index contributed by atoms with van der Waals surface area (Å²) >= 11 is 0. The van der Waals surface area contributed by atoms with Crippen LogP contribution in [0.5, 0.6) is 17.2 Å². The number of halogens is 2. The average Bonchev–Trinajstić information content (AvgIpc) is 3.17. The molecule has 1 saturated heterocycles. The summed E-state index contributed by atoms with van der Waals surface area (Å²) < 4.78 is 41.4. The van der Waals surface area contributed by atoms with E-state index in [1.165, 1.54) is 31.7 Å². The number of hydrogen-bond acceptors (Lipinski definition) is 4. The van der Waals surface area contributed by atoms with Crippen LogP contribution in [0.3, 0.4) is 0 Å². The van der Waals surface area contributed by atoms with Gasteiger partial charge >= 0.3 is 0 Å². The molecule has 6 rings (SSSR count). The molecule has 1 unspecified atom stereocenters. The van der Waals surface area contributed by atoms with Gasteiger partial charge in [0.1, 0.15) is 35.5 Å². The van der Waals surface area contributed by atoms with E-state index in [0.29, 0.717) is 12.2 Å². The van der Waals surface area contributed by atoms with Gasteiger partial charge in [0.05, 0.1) is 5.56 Å². The lowest BCUT2D eigenvalue weighted by molar-refractivity contribution is 0.213. The Bertz CT molecular complexity index is 1430. The summed E-state index contributed by atoms with van der Waals surface area (Å²) in [6.45, 7) is 3.81. The van der Waals surface area contributed by atoms with E-state index in [0.717, 1.165) is 53.3 Å². The van der Waals surface area contributed by atoms with Crippen LogP contribution < -0.4 is 9.47 Å². The van der Waals surface area contributed by atoms with Crippen LogP contribution in [0.1, 0.15) is 42.9 Å². The number of rotatable bonds is 5. The molecule has 0 aromatic heterocycles. The Hall–Kier alpha value is -3.64. The molecule has 0 bridgehead atoms. The normalized spacial score (nSPS) is 17.5. The van der Waals surface area contributed by atoms with Crippen LogP contribution in [0.2, 0.25) is 0 Å². The number of nitrogens with zero attached hydrogens (tertiary/aromatic N) is 1. The van der Waals surface area contributed by atoms with Gasteiger partial charge in [-0.05, 0) is 72.1 Å². The Labute approximate surface area is 215 Å². The summed E-state index contributed by atoms with van der Waals surface area (Å²) in [5.74, 6) is -0.254. The number of likely N-dealkylation sites (tertiary alicyclic amines) is 1. The molecule has 4 nitrogen and oxygen atoms in total. The fourth-order valence-electron chi connectivity index (χ4n) is 5.56. The summed E-state index contributed by atoms with van der Waals surface area (Å²) in [6.07, 6.45) is 4.55. The van der Waals surface area contributed by atoms with Crippen molar-refractivity contribution < 1.29 is 23.4 Å². The zero-order valence-corrected chi connectivity index (χ0v) is 20.6. The van der Waals surface area contributed by atoms with Gasteiger partial charge in [0.15, 0.2) is 6.10 Å². The van der Waals surface area contributed by atoms with E-state index >= 15 is 0 Å². The van der Waals surface area contributed by atoms with Gasteiger partial charge in [-0.25, -0.2) is 8.78 Å². The summed E-state index contributed by atoms with van der Waals surface area (Å²) in [5.41, 5.74) is 2.53. The van der Waals surface area contributed by atoms with Crippen molar-refractivity contribution in [2.24, 2.45) is 0 Å². The molecule has 2 heterocycles. The third-order valence-electron chi connectivity index (χ3n) is 7.40. The van der Waals surface area contributed by atoms with Crippen molar-refractivity contribution in [2.45, 2.75) is 31.8 Å². The smallest absolute Gasteiger partial charge is 0.150 e. The Kier molecular flexibility index (Phi) is 6.43. The third kappa shape index (κ3) is 4.74. The maximum Gasteiger partial charge on any atom is 0.150 e. The first-order valence-corrected chi connectivity index (χ1v) is 12.9. The predicted molar refractivity (Wildman–Crippen MR) is 140 cm³/mol. The quantitative estimate of drug-likeness (QED) is 0.313. The number of phenolic OH excluding ortho intramolecular Hbond substituents is 1. The molecular formula is C31H29F2NO3. The summed E-state index contributed by atoms with van der Waals surface area (Å²) in [6, 6.07) is 18.6. The van der Waals surface area contributed by atoms with Crippen molar-refractivity contribution in [1.29, 1.82) is 0 Å². The number of phenols is 1. The van der Waals surface area contributed by atoms with Crippen LogP contribution in [0.15, 0.2) is 66.7 Å². The first-order chi connectivity index (χ1) is 18.1. The lowest BCUT2D eigenvalue weighted by Crippen LogP contribution is -2.29. The number of fused-ring (bicyclic) bond motifs is 5. The van der Waals surface area contributed by atoms with Gasteiger partial charge in [0.25, 0.3) is 0 Å². The van der Waals surface area contributed by atoms with Gasteiger partial charge in [-0.15, -0.1) is 0 Å². The lowest BCUT2D eigenvalue weighted by Gasteiger charge is -2.31. The monoisotopic (exact) mass is 501 g/mol. The first-order valence-electron chi connectivity index (χ1n) is 12.9. The van der Waals surface area contributed by atoms with E-state index in [4.69, 9.17) is 9.47 Å². The lowest BCUT2D eigenvalue weighted by atomic mass is 9.85. The molecule has 0 spiro atoms. The highest BCUT2D eigenvalue weighted by molar-refractivity contribution is 5.95. The first kappa shape index (κ1) is 23.7. The molecule has 1 fully saturated rings. The van der Waals surface area contributed by atoms with Gasteiger partial charge in [-0.3, -0.25) is 4.90 Å². The van der Waals surface area contributed by atoms with Crippen molar-refractivity contribution in [3.05, 3.63) is 89.5 Å². The van der Waals surface area contributed by atoms with Crippen LogP contribution in [-0.2, 0) is 0 Å². The van der Waals surface area contributed by atoms with E-state index < -0.39 is 17.7 Å². The molecule has 0 saturated carbocycles. The van der Waals surface area contributed by atoms with Gasteiger partial charge in [0, 0.05) is 24.2 Å². The fraction of sp³-hybridized carbons (Fsp3) is 0.290.